The van der Waals surface area contributed by atoms with Crippen molar-refractivity contribution in [2.24, 2.45) is 5.92 Å². The van der Waals surface area contributed by atoms with Gasteiger partial charge in [-0.3, -0.25) is 0 Å². The molecule has 0 spiro atoms. The van der Waals surface area contributed by atoms with Gasteiger partial charge in [-0.2, -0.15) is 0 Å². The van der Waals surface area contributed by atoms with E-state index >= 15 is 0 Å². The maximum Gasteiger partial charge on any atom is 0.339 e. The Labute approximate surface area is 108 Å². The number of aromatic nitrogens is 1. The van der Waals surface area contributed by atoms with Crippen molar-refractivity contribution in [3.63, 3.8) is 0 Å². The zero-order valence-electron chi connectivity index (χ0n) is 11.0. The summed E-state index contributed by atoms with van der Waals surface area (Å²) in [5.41, 5.74) is 1.12. The molecule has 0 atom stereocenters. The molecule has 0 bridgehead atoms. The summed E-state index contributed by atoms with van der Waals surface area (Å²) in [7, 11) is 0. The zero-order chi connectivity index (χ0) is 13.1. The second-order valence-corrected chi connectivity index (χ2v) is 4.97. The quantitative estimate of drug-likeness (QED) is 0.870. The molecule has 1 heterocycles. The fraction of sp³-hybridized carbons (Fsp3) is 0.571. The number of rotatable bonds is 5. The molecular formula is C14H20N2O2. The molecule has 4 heteroatoms. The summed E-state index contributed by atoms with van der Waals surface area (Å²) in [6.45, 7) is 5.60. The van der Waals surface area contributed by atoms with Gasteiger partial charge in [0.05, 0.1) is 0 Å². The lowest BCUT2D eigenvalue weighted by molar-refractivity contribution is 0.0696. The van der Waals surface area contributed by atoms with Gasteiger partial charge in [-0.1, -0.05) is 6.42 Å². The second kappa shape index (κ2) is 5.38. The van der Waals surface area contributed by atoms with Crippen LogP contribution in [0.5, 0.6) is 0 Å². The van der Waals surface area contributed by atoms with Crippen molar-refractivity contribution in [2.45, 2.75) is 33.1 Å². The number of hydrogen-bond acceptors (Lipinski definition) is 3. The fourth-order valence-corrected chi connectivity index (χ4v) is 2.40. The average molecular weight is 248 g/mol. The van der Waals surface area contributed by atoms with Gasteiger partial charge in [0.1, 0.15) is 11.4 Å². The standard InChI is InChI=1S/C14H20N2O2/c1-3-16(9-11-5-4-6-11)13-12(14(17)18)10(2)7-8-15-13/h7-8,11H,3-6,9H2,1-2H3,(H,17,18). The van der Waals surface area contributed by atoms with Crippen LogP contribution < -0.4 is 4.90 Å². The number of aromatic carboxylic acids is 1. The summed E-state index contributed by atoms with van der Waals surface area (Å²) in [4.78, 5) is 17.8. The highest BCUT2D eigenvalue weighted by Crippen LogP contribution is 2.29. The largest absolute Gasteiger partial charge is 0.478 e. The lowest BCUT2D eigenvalue weighted by Gasteiger charge is -2.33. The molecular weight excluding hydrogens is 228 g/mol. The maximum absolute atomic E-state index is 11.4. The van der Waals surface area contributed by atoms with E-state index in [4.69, 9.17) is 0 Å². The van der Waals surface area contributed by atoms with E-state index in [0.717, 1.165) is 18.7 Å². The zero-order valence-corrected chi connectivity index (χ0v) is 11.0. The minimum atomic E-state index is -0.886. The van der Waals surface area contributed by atoms with Gasteiger partial charge in [0.25, 0.3) is 0 Å². The van der Waals surface area contributed by atoms with Crippen LogP contribution in [-0.4, -0.2) is 29.1 Å². The molecule has 0 radical (unpaired) electrons. The molecule has 0 aromatic carbocycles. The third-order valence-corrected chi connectivity index (χ3v) is 3.74. The number of anilines is 1. The van der Waals surface area contributed by atoms with Crippen LogP contribution in [0.3, 0.4) is 0 Å². The van der Waals surface area contributed by atoms with Gasteiger partial charge in [0.15, 0.2) is 0 Å². The third kappa shape index (κ3) is 2.47. The highest BCUT2D eigenvalue weighted by atomic mass is 16.4. The third-order valence-electron chi connectivity index (χ3n) is 3.74. The van der Waals surface area contributed by atoms with Gasteiger partial charge in [0, 0.05) is 19.3 Å². The number of nitrogens with zero attached hydrogens (tertiary/aromatic N) is 2. The summed E-state index contributed by atoms with van der Waals surface area (Å²) in [6.07, 6.45) is 5.51. The van der Waals surface area contributed by atoms with Crippen LogP contribution in [0, 0.1) is 12.8 Å². The van der Waals surface area contributed by atoms with Crippen LogP contribution in [-0.2, 0) is 0 Å². The van der Waals surface area contributed by atoms with E-state index in [1.54, 1.807) is 12.3 Å². The second-order valence-electron chi connectivity index (χ2n) is 4.97. The minimum Gasteiger partial charge on any atom is -0.478 e. The molecule has 98 valence electrons. The molecule has 2 rings (SSSR count). The van der Waals surface area contributed by atoms with Crippen molar-refractivity contribution in [3.05, 3.63) is 23.4 Å². The summed E-state index contributed by atoms with van der Waals surface area (Å²) in [5, 5.41) is 9.33. The first-order valence-electron chi connectivity index (χ1n) is 6.57. The molecule has 1 aliphatic carbocycles. The lowest BCUT2D eigenvalue weighted by atomic mass is 9.85. The predicted molar refractivity (Wildman–Crippen MR) is 71.2 cm³/mol. The first-order chi connectivity index (χ1) is 8.63. The van der Waals surface area contributed by atoms with Crippen LogP contribution >= 0.6 is 0 Å². The molecule has 0 amide bonds. The Morgan fingerprint density at radius 1 is 1.56 bits per heavy atom. The molecule has 1 N–H and O–H groups in total. The van der Waals surface area contributed by atoms with E-state index in [0.29, 0.717) is 17.3 Å². The Hall–Kier alpha value is -1.58. The molecule has 4 nitrogen and oxygen atoms in total. The number of aryl methyl sites for hydroxylation is 1. The fourth-order valence-electron chi connectivity index (χ4n) is 2.40. The Morgan fingerprint density at radius 3 is 2.78 bits per heavy atom. The first kappa shape index (κ1) is 12.9. The molecule has 1 saturated carbocycles. The molecule has 0 aliphatic heterocycles. The van der Waals surface area contributed by atoms with Crippen molar-refractivity contribution in [2.75, 3.05) is 18.0 Å². The van der Waals surface area contributed by atoms with E-state index in [9.17, 15) is 9.90 Å². The van der Waals surface area contributed by atoms with Crippen LogP contribution in [0.1, 0.15) is 42.1 Å². The van der Waals surface area contributed by atoms with E-state index in [1.807, 2.05) is 13.8 Å². The van der Waals surface area contributed by atoms with Crippen LogP contribution in [0.15, 0.2) is 12.3 Å². The van der Waals surface area contributed by atoms with E-state index in [-0.39, 0.29) is 0 Å². The van der Waals surface area contributed by atoms with Crippen LogP contribution in [0.2, 0.25) is 0 Å². The van der Waals surface area contributed by atoms with Gasteiger partial charge < -0.3 is 10.0 Å². The van der Waals surface area contributed by atoms with Gasteiger partial charge >= 0.3 is 5.97 Å². The number of pyridine rings is 1. The Kier molecular flexibility index (Phi) is 3.84. The van der Waals surface area contributed by atoms with Crippen molar-refractivity contribution in [1.29, 1.82) is 0 Å². The predicted octanol–water partition coefficient (Wildman–Crippen LogP) is 2.71. The number of carboxylic acid groups (broad SMARTS) is 1. The van der Waals surface area contributed by atoms with E-state index in [1.165, 1.54) is 19.3 Å². The molecule has 1 fully saturated rings. The van der Waals surface area contributed by atoms with Gasteiger partial charge in [-0.15, -0.1) is 0 Å². The van der Waals surface area contributed by atoms with Gasteiger partial charge in [0.2, 0.25) is 0 Å². The first-order valence-corrected chi connectivity index (χ1v) is 6.57. The minimum absolute atomic E-state index is 0.346. The molecule has 0 saturated heterocycles. The smallest absolute Gasteiger partial charge is 0.339 e. The summed E-state index contributed by atoms with van der Waals surface area (Å²) in [5.74, 6) is 0.438. The van der Waals surface area contributed by atoms with Crippen molar-refractivity contribution in [1.82, 2.24) is 4.98 Å². The van der Waals surface area contributed by atoms with Crippen molar-refractivity contribution < 1.29 is 9.90 Å². The average Bonchev–Trinajstić information content (AvgIpc) is 2.27. The summed E-state index contributed by atoms with van der Waals surface area (Å²) in [6, 6.07) is 1.75. The molecule has 1 aliphatic rings. The van der Waals surface area contributed by atoms with E-state index in [2.05, 4.69) is 9.88 Å². The van der Waals surface area contributed by atoms with Crippen molar-refractivity contribution >= 4 is 11.8 Å². The summed E-state index contributed by atoms with van der Waals surface area (Å²) >= 11 is 0. The highest BCUT2D eigenvalue weighted by Gasteiger charge is 2.24. The maximum atomic E-state index is 11.4. The Morgan fingerprint density at radius 2 is 2.28 bits per heavy atom. The number of carbonyl (C=O) groups is 1. The number of hydrogen-bond donors (Lipinski definition) is 1. The monoisotopic (exact) mass is 248 g/mol. The Balaban J connectivity index is 2.28. The molecule has 1 aromatic heterocycles. The molecule has 18 heavy (non-hydrogen) atoms. The topological polar surface area (TPSA) is 53.4 Å². The van der Waals surface area contributed by atoms with E-state index < -0.39 is 5.97 Å². The molecule has 0 unspecified atom stereocenters. The molecule has 1 aromatic rings. The number of carboxylic acids is 1. The van der Waals surface area contributed by atoms with Crippen LogP contribution in [0.4, 0.5) is 5.82 Å². The summed E-state index contributed by atoms with van der Waals surface area (Å²) < 4.78 is 0. The van der Waals surface area contributed by atoms with Gasteiger partial charge in [-0.25, -0.2) is 9.78 Å². The van der Waals surface area contributed by atoms with Crippen LogP contribution in [0.25, 0.3) is 0 Å². The lowest BCUT2D eigenvalue weighted by Crippen LogP contribution is -2.34. The Bertz CT molecular complexity index is 441. The van der Waals surface area contributed by atoms with Crippen molar-refractivity contribution in [3.8, 4) is 0 Å². The SMILES string of the molecule is CCN(CC1CCC1)c1nccc(C)c1C(=O)O. The van der Waals surface area contributed by atoms with Gasteiger partial charge in [-0.05, 0) is 44.2 Å². The normalized spacial score (nSPS) is 15.2. The highest BCUT2D eigenvalue weighted by molar-refractivity contribution is 5.94.